The number of benzene rings is 2. The fraction of sp³-hybridized carbons (Fsp3) is 0.273. The molecule has 0 fully saturated rings. The van der Waals surface area contributed by atoms with Crippen molar-refractivity contribution in [2.75, 3.05) is 35.5 Å². The molecule has 156 valence electrons. The highest BCUT2D eigenvalue weighted by molar-refractivity contribution is 6.12. The first-order chi connectivity index (χ1) is 14.6. The van der Waals surface area contributed by atoms with Crippen LogP contribution in [-0.2, 0) is 11.3 Å². The normalized spacial score (nSPS) is 12.4. The van der Waals surface area contributed by atoms with Crippen LogP contribution in [0, 0.1) is 0 Å². The van der Waals surface area contributed by atoms with Crippen molar-refractivity contribution in [1.82, 2.24) is 4.98 Å². The number of rotatable bonds is 6. The Hall–Kier alpha value is -3.68. The Morgan fingerprint density at radius 3 is 2.13 bits per heavy atom. The van der Waals surface area contributed by atoms with Gasteiger partial charge in [0.25, 0.3) is 0 Å². The van der Waals surface area contributed by atoms with Gasteiger partial charge in [-0.25, -0.2) is 9.78 Å². The number of ether oxygens (including phenoxy) is 6. The number of aromatic nitrogens is 1. The highest BCUT2D eigenvalue weighted by Crippen LogP contribution is 2.49. The Morgan fingerprint density at radius 1 is 0.800 bits per heavy atom. The molecule has 0 saturated heterocycles. The molecule has 2 aromatic carbocycles. The van der Waals surface area contributed by atoms with Gasteiger partial charge in [0.05, 0.1) is 57.7 Å². The van der Waals surface area contributed by atoms with E-state index >= 15 is 0 Å². The van der Waals surface area contributed by atoms with Gasteiger partial charge in [0.2, 0.25) is 5.75 Å². The van der Waals surface area contributed by atoms with Crippen LogP contribution >= 0.6 is 0 Å². The lowest BCUT2D eigenvalue weighted by atomic mass is 9.93. The van der Waals surface area contributed by atoms with E-state index in [0.29, 0.717) is 56.5 Å². The molecule has 8 nitrogen and oxygen atoms in total. The minimum atomic E-state index is -0.443. The SMILES string of the molecule is COc1ccc(-c2c3c(nc4cc(OC)c(OC)c(OC)c24)COC3=O)cc1OC. The quantitative estimate of drug-likeness (QED) is 0.569. The molecule has 0 bridgehead atoms. The molecule has 0 N–H and O–H groups in total. The van der Waals surface area contributed by atoms with Crippen LogP contribution in [0.4, 0.5) is 0 Å². The summed E-state index contributed by atoms with van der Waals surface area (Å²) in [5.74, 6) is 1.94. The summed E-state index contributed by atoms with van der Waals surface area (Å²) in [4.78, 5) is 17.3. The second kappa shape index (κ2) is 7.62. The Bertz CT molecular complexity index is 1160. The van der Waals surface area contributed by atoms with E-state index in [-0.39, 0.29) is 6.61 Å². The molecule has 0 radical (unpaired) electrons. The molecular weight excluding hydrogens is 390 g/mol. The number of carbonyl (C=O) groups excluding carboxylic acids is 1. The molecule has 0 amide bonds. The molecule has 0 atom stereocenters. The maximum Gasteiger partial charge on any atom is 0.341 e. The number of pyridine rings is 1. The fourth-order valence-electron chi connectivity index (χ4n) is 3.75. The lowest BCUT2D eigenvalue weighted by molar-refractivity contribution is 0.0534. The first-order valence-electron chi connectivity index (χ1n) is 9.12. The molecule has 1 aliphatic rings. The number of carbonyl (C=O) groups is 1. The van der Waals surface area contributed by atoms with E-state index in [0.717, 1.165) is 5.56 Å². The van der Waals surface area contributed by atoms with Gasteiger partial charge in [0.15, 0.2) is 23.0 Å². The van der Waals surface area contributed by atoms with Gasteiger partial charge in [-0.15, -0.1) is 0 Å². The second-order valence-corrected chi connectivity index (χ2v) is 6.49. The summed E-state index contributed by atoms with van der Waals surface area (Å²) >= 11 is 0. The van der Waals surface area contributed by atoms with Crippen LogP contribution in [-0.4, -0.2) is 46.5 Å². The minimum absolute atomic E-state index is 0.0983. The summed E-state index contributed by atoms with van der Waals surface area (Å²) in [5, 5.41) is 0.611. The summed E-state index contributed by atoms with van der Waals surface area (Å²) in [6.45, 7) is 0.0983. The lowest BCUT2D eigenvalue weighted by Crippen LogP contribution is -2.04. The zero-order chi connectivity index (χ0) is 21.4. The van der Waals surface area contributed by atoms with Gasteiger partial charge in [0.1, 0.15) is 6.61 Å². The van der Waals surface area contributed by atoms with E-state index in [2.05, 4.69) is 4.98 Å². The lowest BCUT2D eigenvalue weighted by Gasteiger charge is -2.19. The van der Waals surface area contributed by atoms with Crippen molar-refractivity contribution < 1.29 is 33.2 Å². The van der Waals surface area contributed by atoms with E-state index in [1.165, 1.54) is 14.2 Å². The van der Waals surface area contributed by atoms with Crippen molar-refractivity contribution in [3.63, 3.8) is 0 Å². The first kappa shape index (κ1) is 19.6. The third kappa shape index (κ3) is 2.83. The van der Waals surface area contributed by atoms with Crippen LogP contribution in [0.3, 0.4) is 0 Å². The average Bonchev–Trinajstić information content (AvgIpc) is 3.15. The standard InChI is InChI=1S/C22H21NO7/c1-25-14-7-6-11(8-15(14)26-2)17-18-12(23-13-10-30-22(24)19(13)17)9-16(27-3)20(28-4)21(18)29-5/h6-9H,10H2,1-5H3. The molecule has 0 aliphatic carbocycles. The predicted octanol–water partition coefficient (Wildman–Crippen LogP) is 3.62. The van der Waals surface area contributed by atoms with Crippen molar-refractivity contribution in [3.8, 4) is 39.9 Å². The maximum absolute atomic E-state index is 12.6. The van der Waals surface area contributed by atoms with E-state index in [1.54, 1.807) is 39.5 Å². The van der Waals surface area contributed by atoms with Gasteiger partial charge < -0.3 is 28.4 Å². The number of methoxy groups -OCH3 is 5. The molecule has 1 aliphatic heterocycles. The van der Waals surface area contributed by atoms with Crippen molar-refractivity contribution in [2.45, 2.75) is 6.61 Å². The van der Waals surface area contributed by atoms with Crippen LogP contribution in [0.25, 0.3) is 22.0 Å². The van der Waals surface area contributed by atoms with Crippen molar-refractivity contribution in [1.29, 1.82) is 0 Å². The first-order valence-corrected chi connectivity index (χ1v) is 9.12. The Balaban J connectivity index is 2.17. The number of hydrogen-bond donors (Lipinski definition) is 0. The highest BCUT2D eigenvalue weighted by Gasteiger charge is 2.32. The van der Waals surface area contributed by atoms with Gasteiger partial charge in [-0.05, 0) is 17.7 Å². The number of nitrogens with zero attached hydrogens (tertiary/aromatic N) is 1. The zero-order valence-electron chi connectivity index (χ0n) is 17.3. The molecular formula is C22H21NO7. The second-order valence-electron chi connectivity index (χ2n) is 6.49. The van der Waals surface area contributed by atoms with Gasteiger partial charge >= 0.3 is 5.97 Å². The molecule has 2 heterocycles. The molecule has 4 rings (SSSR count). The summed E-state index contributed by atoms with van der Waals surface area (Å²) in [7, 11) is 7.71. The number of cyclic esters (lactones) is 1. The zero-order valence-corrected chi connectivity index (χ0v) is 17.3. The van der Waals surface area contributed by atoms with Gasteiger partial charge in [-0.2, -0.15) is 0 Å². The maximum atomic E-state index is 12.6. The molecule has 3 aromatic rings. The molecule has 1 aromatic heterocycles. The van der Waals surface area contributed by atoms with E-state index < -0.39 is 5.97 Å². The van der Waals surface area contributed by atoms with Crippen LogP contribution in [0.2, 0.25) is 0 Å². The largest absolute Gasteiger partial charge is 0.493 e. The van der Waals surface area contributed by atoms with Crippen molar-refractivity contribution in [2.24, 2.45) is 0 Å². The number of esters is 1. The summed E-state index contributed by atoms with van der Waals surface area (Å²) in [6.07, 6.45) is 0. The molecule has 30 heavy (non-hydrogen) atoms. The Labute approximate surface area is 173 Å². The predicted molar refractivity (Wildman–Crippen MR) is 109 cm³/mol. The monoisotopic (exact) mass is 411 g/mol. The Morgan fingerprint density at radius 2 is 1.50 bits per heavy atom. The van der Waals surface area contributed by atoms with E-state index in [4.69, 9.17) is 28.4 Å². The van der Waals surface area contributed by atoms with Gasteiger partial charge in [-0.3, -0.25) is 0 Å². The molecule has 0 saturated carbocycles. The molecule has 8 heteroatoms. The van der Waals surface area contributed by atoms with E-state index in [9.17, 15) is 4.79 Å². The number of fused-ring (bicyclic) bond motifs is 2. The smallest absolute Gasteiger partial charge is 0.341 e. The third-order valence-electron chi connectivity index (χ3n) is 5.07. The van der Waals surface area contributed by atoms with Crippen LogP contribution in [0.15, 0.2) is 24.3 Å². The van der Waals surface area contributed by atoms with Crippen molar-refractivity contribution >= 4 is 16.9 Å². The minimum Gasteiger partial charge on any atom is -0.493 e. The summed E-state index contributed by atoms with van der Waals surface area (Å²) < 4.78 is 32.8. The fourth-order valence-corrected chi connectivity index (χ4v) is 3.75. The average molecular weight is 411 g/mol. The topological polar surface area (TPSA) is 85.3 Å². The van der Waals surface area contributed by atoms with Crippen LogP contribution in [0.1, 0.15) is 16.1 Å². The molecule has 0 spiro atoms. The third-order valence-corrected chi connectivity index (χ3v) is 5.07. The van der Waals surface area contributed by atoms with Gasteiger partial charge in [-0.1, -0.05) is 6.07 Å². The highest BCUT2D eigenvalue weighted by atomic mass is 16.5. The van der Waals surface area contributed by atoms with E-state index in [1.807, 2.05) is 6.07 Å². The Kier molecular flexibility index (Phi) is 4.99. The summed E-state index contributed by atoms with van der Waals surface area (Å²) in [5.41, 5.74) is 2.87. The van der Waals surface area contributed by atoms with Crippen LogP contribution in [0.5, 0.6) is 28.7 Å². The number of hydrogen-bond acceptors (Lipinski definition) is 8. The van der Waals surface area contributed by atoms with Crippen molar-refractivity contribution in [3.05, 3.63) is 35.5 Å². The molecule has 0 unspecified atom stereocenters. The van der Waals surface area contributed by atoms with Gasteiger partial charge in [0, 0.05) is 11.6 Å². The van der Waals surface area contributed by atoms with Crippen LogP contribution < -0.4 is 23.7 Å². The summed E-state index contributed by atoms with van der Waals surface area (Å²) in [6, 6.07) is 7.18.